The molecule has 0 radical (unpaired) electrons. The van der Waals surface area contributed by atoms with E-state index in [2.05, 4.69) is 5.32 Å². The van der Waals surface area contributed by atoms with Crippen molar-refractivity contribution in [3.8, 4) is 0 Å². The van der Waals surface area contributed by atoms with E-state index in [0.717, 1.165) is 10.6 Å². The Morgan fingerprint density at radius 2 is 1.74 bits per heavy atom. The summed E-state index contributed by atoms with van der Waals surface area (Å²) in [7, 11) is -3.80. The topological polar surface area (TPSA) is 92.8 Å². The van der Waals surface area contributed by atoms with Crippen LogP contribution < -0.4 is 9.62 Å². The van der Waals surface area contributed by atoms with Gasteiger partial charge in [-0.15, -0.1) is 0 Å². The first-order valence-corrected chi connectivity index (χ1v) is 9.86. The number of carbonyl (C=O) groups is 2. The molecule has 0 heterocycles. The number of hydrogen-bond donors (Lipinski definition) is 1. The monoisotopic (exact) mass is 394 g/mol. The van der Waals surface area contributed by atoms with Crippen LogP contribution in [0.5, 0.6) is 0 Å². The predicted molar refractivity (Wildman–Crippen MR) is 99.6 cm³/mol. The van der Waals surface area contributed by atoms with Crippen LogP contribution in [0.3, 0.4) is 0 Å². The highest BCUT2D eigenvalue weighted by Gasteiger charge is 2.22. The zero-order valence-electron chi connectivity index (χ0n) is 14.8. The van der Waals surface area contributed by atoms with Crippen molar-refractivity contribution in [3.63, 3.8) is 0 Å². The lowest BCUT2D eigenvalue weighted by atomic mass is 10.2. The average Bonchev–Trinajstić information content (AvgIpc) is 2.61. The average molecular weight is 394 g/mol. The van der Waals surface area contributed by atoms with Gasteiger partial charge in [-0.05, 0) is 43.3 Å². The van der Waals surface area contributed by atoms with Crippen LogP contribution in [0.1, 0.15) is 17.3 Å². The van der Waals surface area contributed by atoms with Crippen molar-refractivity contribution in [1.82, 2.24) is 0 Å². The first-order chi connectivity index (χ1) is 12.7. The van der Waals surface area contributed by atoms with Gasteiger partial charge in [-0.3, -0.25) is 9.10 Å². The smallest absolute Gasteiger partial charge is 0.338 e. The molecule has 1 amide bonds. The molecule has 0 saturated heterocycles. The van der Waals surface area contributed by atoms with E-state index in [4.69, 9.17) is 4.74 Å². The lowest BCUT2D eigenvalue weighted by molar-refractivity contribution is -0.114. The van der Waals surface area contributed by atoms with Gasteiger partial charge in [0.05, 0.1) is 29.8 Å². The summed E-state index contributed by atoms with van der Waals surface area (Å²) >= 11 is 0. The van der Waals surface area contributed by atoms with E-state index in [1.165, 1.54) is 42.5 Å². The minimum Gasteiger partial charge on any atom is -0.462 e. The van der Waals surface area contributed by atoms with Crippen molar-refractivity contribution in [2.75, 3.05) is 29.0 Å². The van der Waals surface area contributed by atoms with Gasteiger partial charge >= 0.3 is 5.97 Å². The maximum atomic E-state index is 13.6. The first kappa shape index (κ1) is 20.4. The van der Waals surface area contributed by atoms with Crippen molar-refractivity contribution < 1.29 is 27.1 Å². The van der Waals surface area contributed by atoms with E-state index >= 15 is 0 Å². The number of benzene rings is 2. The van der Waals surface area contributed by atoms with E-state index in [0.29, 0.717) is 0 Å². The van der Waals surface area contributed by atoms with Crippen LogP contribution in [0.2, 0.25) is 0 Å². The Hall–Kier alpha value is -2.94. The molecular formula is C18H19FN2O5S. The normalized spacial score (nSPS) is 10.9. The molecule has 2 aromatic carbocycles. The number of nitrogens with zero attached hydrogens (tertiary/aromatic N) is 1. The van der Waals surface area contributed by atoms with Crippen LogP contribution in [-0.4, -0.2) is 39.7 Å². The standard InChI is InChI=1S/C18H19FN2O5S/c1-3-26-18(23)13-8-10-14(11-9-13)21(27(2,24)25)12-17(22)20-16-7-5-4-6-15(16)19/h4-11H,3,12H2,1-2H3,(H,20,22). The number of sulfonamides is 1. The summed E-state index contributed by atoms with van der Waals surface area (Å²) in [5, 5.41) is 2.33. The van der Waals surface area contributed by atoms with E-state index in [1.54, 1.807) is 13.0 Å². The minimum absolute atomic E-state index is 0.0476. The van der Waals surface area contributed by atoms with Gasteiger partial charge in [0.25, 0.3) is 0 Å². The lowest BCUT2D eigenvalue weighted by Crippen LogP contribution is -2.37. The second-order valence-corrected chi connectivity index (χ2v) is 7.47. The number of anilines is 2. The molecule has 2 aromatic rings. The zero-order chi connectivity index (χ0) is 20.0. The molecule has 0 spiro atoms. The number of esters is 1. The van der Waals surface area contributed by atoms with Crippen molar-refractivity contribution in [2.45, 2.75) is 6.92 Å². The Balaban J connectivity index is 2.20. The maximum Gasteiger partial charge on any atom is 0.338 e. The van der Waals surface area contributed by atoms with Gasteiger partial charge in [-0.1, -0.05) is 12.1 Å². The molecule has 0 aliphatic heterocycles. The third kappa shape index (κ3) is 5.52. The molecule has 0 bridgehead atoms. The van der Waals surface area contributed by atoms with Gasteiger partial charge in [0.1, 0.15) is 12.4 Å². The highest BCUT2D eigenvalue weighted by molar-refractivity contribution is 7.92. The van der Waals surface area contributed by atoms with Crippen molar-refractivity contribution in [3.05, 3.63) is 59.9 Å². The molecule has 144 valence electrons. The van der Waals surface area contributed by atoms with Crippen LogP contribution in [0.15, 0.2) is 48.5 Å². The van der Waals surface area contributed by atoms with Crippen molar-refractivity contribution in [2.24, 2.45) is 0 Å². The third-order valence-electron chi connectivity index (χ3n) is 3.50. The van der Waals surface area contributed by atoms with Gasteiger partial charge in [-0.25, -0.2) is 17.6 Å². The molecule has 0 aromatic heterocycles. The molecule has 7 nitrogen and oxygen atoms in total. The second kappa shape index (κ2) is 8.63. The number of hydrogen-bond acceptors (Lipinski definition) is 5. The Kier molecular flexibility index (Phi) is 6.51. The number of rotatable bonds is 7. The quantitative estimate of drug-likeness (QED) is 0.728. The van der Waals surface area contributed by atoms with Crippen LogP contribution in [-0.2, 0) is 19.6 Å². The summed E-state index contributed by atoms with van der Waals surface area (Å²) in [4.78, 5) is 23.9. The van der Waals surface area contributed by atoms with Gasteiger partial charge in [0.2, 0.25) is 15.9 Å². The number of carbonyl (C=O) groups excluding carboxylic acids is 2. The summed E-state index contributed by atoms with van der Waals surface area (Å²) in [5.41, 5.74) is 0.396. The molecule has 27 heavy (non-hydrogen) atoms. The van der Waals surface area contributed by atoms with Gasteiger partial charge in [-0.2, -0.15) is 0 Å². The number of halogens is 1. The predicted octanol–water partition coefficient (Wildman–Crippen LogP) is 2.41. The molecule has 0 aliphatic carbocycles. The van der Waals surface area contributed by atoms with E-state index < -0.39 is 34.3 Å². The summed E-state index contributed by atoms with van der Waals surface area (Å²) < 4.78 is 43.5. The minimum atomic E-state index is -3.80. The summed E-state index contributed by atoms with van der Waals surface area (Å²) in [6, 6.07) is 11.2. The summed E-state index contributed by atoms with van der Waals surface area (Å²) in [5.74, 6) is -1.87. The molecule has 0 saturated carbocycles. The number of ether oxygens (including phenoxy) is 1. The highest BCUT2D eigenvalue weighted by atomic mass is 32.2. The Labute approximate surface area is 156 Å². The molecule has 0 atom stereocenters. The number of nitrogens with one attached hydrogen (secondary N) is 1. The van der Waals surface area contributed by atoms with Gasteiger partial charge < -0.3 is 10.1 Å². The van der Waals surface area contributed by atoms with Crippen LogP contribution in [0.25, 0.3) is 0 Å². The van der Waals surface area contributed by atoms with Crippen molar-refractivity contribution in [1.29, 1.82) is 0 Å². The molecule has 0 aliphatic rings. The fourth-order valence-electron chi connectivity index (χ4n) is 2.26. The van der Waals surface area contributed by atoms with Crippen LogP contribution >= 0.6 is 0 Å². The zero-order valence-corrected chi connectivity index (χ0v) is 15.6. The first-order valence-electron chi connectivity index (χ1n) is 8.01. The number of amides is 1. The molecule has 9 heteroatoms. The van der Waals surface area contributed by atoms with Gasteiger partial charge in [0.15, 0.2) is 0 Å². The summed E-state index contributed by atoms with van der Waals surface area (Å²) in [6.07, 6.45) is 0.947. The van der Waals surface area contributed by atoms with E-state index in [1.807, 2.05) is 0 Å². The fraction of sp³-hybridized carbons (Fsp3) is 0.222. The second-order valence-electron chi connectivity index (χ2n) is 5.57. The van der Waals surface area contributed by atoms with E-state index in [9.17, 15) is 22.4 Å². The molecule has 2 rings (SSSR count). The molecule has 0 unspecified atom stereocenters. The largest absolute Gasteiger partial charge is 0.462 e. The third-order valence-corrected chi connectivity index (χ3v) is 4.64. The SMILES string of the molecule is CCOC(=O)c1ccc(N(CC(=O)Nc2ccccc2F)S(C)(=O)=O)cc1. The summed E-state index contributed by atoms with van der Waals surface area (Å²) in [6.45, 7) is 1.34. The molecule has 0 fully saturated rings. The maximum absolute atomic E-state index is 13.6. The van der Waals surface area contributed by atoms with Crippen LogP contribution in [0.4, 0.5) is 15.8 Å². The Morgan fingerprint density at radius 3 is 2.30 bits per heavy atom. The molecule has 1 N–H and O–H groups in total. The molecular weight excluding hydrogens is 375 g/mol. The van der Waals surface area contributed by atoms with E-state index in [-0.39, 0.29) is 23.5 Å². The highest BCUT2D eigenvalue weighted by Crippen LogP contribution is 2.19. The Morgan fingerprint density at radius 1 is 1.11 bits per heavy atom. The van der Waals surface area contributed by atoms with Gasteiger partial charge in [0, 0.05) is 0 Å². The Bertz CT molecular complexity index is 929. The van der Waals surface area contributed by atoms with Crippen LogP contribution in [0, 0.1) is 5.82 Å². The fourth-order valence-corrected chi connectivity index (χ4v) is 3.12. The lowest BCUT2D eigenvalue weighted by Gasteiger charge is -2.22. The number of para-hydroxylation sites is 1. The van der Waals surface area contributed by atoms with Crippen molar-refractivity contribution >= 4 is 33.3 Å².